The second-order valence-electron chi connectivity index (χ2n) is 4.82. The van der Waals surface area contributed by atoms with E-state index in [0.717, 1.165) is 10.7 Å². The van der Waals surface area contributed by atoms with Crippen molar-refractivity contribution in [3.05, 3.63) is 23.0 Å². The molecule has 2 aromatic rings. The van der Waals surface area contributed by atoms with Gasteiger partial charge in [-0.15, -0.1) is 5.10 Å². The molecule has 0 aliphatic heterocycles. The van der Waals surface area contributed by atoms with E-state index in [1.165, 1.54) is 0 Å². The fraction of sp³-hybridized carbons (Fsp3) is 0.417. The predicted molar refractivity (Wildman–Crippen MR) is 65.7 cm³/mol. The van der Waals surface area contributed by atoms with Crippen LogP contribution in [0, 0.1) is 17.2 Å². The van der Waals surface area contributed by atoms with Gasteiger partial charge in [0.1, 0.15) is 11.6 Å². The zero-order valence-corrected chi connectivity index (χ0v) is 10.9. The lowest BCUT2D eigenvalue weighted by Gasteiger charge is -2.05. The molecule has 0 saturated carbocycles. The van der Waals surface area contributed by atoms with Crippen LogP contribution in [0.15, 0.2) is 6.20 Å². The minimum Gasteiger partial charge on any atom is -0.367 e. The van der Waals surface area contributed by atoms with Crippen molar-refractivity contribution in [1.29, 1.82) is 5.26 Å². The third-order valence-electron chi connectivity index (χ3n) is 2.80. The number of nitriles is 1. The van der Waals surface area contributed by atoms with Crippen molar-refractivity contribution in [2.45, 2.75) is 26.4 Å². The largest absolute Gasteiger partial charge is 0.419 e. The third kappa shape index (κ3) is 2.27. The van der Waals surface area contributed by atoms with Gasteiger partial charge in [-0.25, -0.2) is 9.50 Å². The summed E-state index contributed by atoms with van der Waals surface area (Å²) in [6, 6.07) is 1.64. The number of fused-ring (bicyclic) bond motifs is 1. The van der Waals surface area contributed by atoms with Gasteiger partial charge >= 0.3 is 6.18 Å². The fourth-order valence-corrected chi connectivity index (χ4v) is 2.10. The number of hydrogen-bond donors (Lipinski definition) is 1. The van der Waals surface area contributed by atoms with Crippen LogP contribution < -0.4 is 5.73 Å². The normalized spacial score (nSPS) is 12.1. The van der Waals surface area contributed by atoms with E-state index in [2.05, 4.69) is 10.1 Å². The number of nitrogens with zero attached hydrogens (tertiary/aromatic N) is 4. The van der Waals surface area contributed by atoms with Crippen molar-refractivity contribution in [1.82, 2.24) is 14.6 Å². The number of alkyl halides is 3. The topological polar surface area (TPSA) is 80.0 Å². The Bertz CT molecular complexity index is 694. The van der Waals surface area contributed by atoms with Gasteiger partial charge in [0, 0.05) is 0 Å². The molecule has 0 amide bonds. The molecule has 8 heteroatoms. The van der Waals surface area contributed by atoms with Gasteiger partial charge in [0.15, 0.2) is 0 Å². The van der Waals surface area contributed by atoms with Crippen LogP contribution in [-0.2, 0) is 12.6 Å². The molecular weight excluding hydrogens is 271 g/mol. The van der Waals surface area contributed by atoms with E-state index in [1.807, 2.05) is 13.8 Å². The van der Waals surface area contributed by atoms with E-state index >= 15 is 0 Å². The molecule has 20 heavy (non-hydrogen) atoms. The van der Waals surface area contributed by atoms with E-state index in [9.17, 15) is 13.2 Å². The van der Waals surface area contributed by atoms with Gasteiger partial charge < -0.3 is 5.73 Å². The zero-order chi connectivity index (χ0) is 15.1. The average molecular weight is 283 g/mol. The second kappa shape index (κ2) is 4.67. The molecule has 0 saturated heterocycles. The maximum Gasteiger partial charge on any atom is 0.419 e. The molecule has 2 aromatic heterocycles. The van der Waals surface area contributed by atoms with E-state index in [4.69, 9.17) is 11.0 Å². The van der Waals surface area contributed by atoms with E-state index in [0.29, 0.717) is 0 Å². The van der Waals surface area contributed by atoms with Crippen LogP contribution in [-0.4, -0.2) is 14.6 Å². The van der Waals surface area contributed by atoms with Crippen LogP contribution in [0.3, 0.4) is 0 Å². The molecule has 0 unspecified atom stereocenters. The van der Waals surface area contributed by atoms with Crippen molar-refractivity contribution in [3.8, 4) is 6.07 Å². The summed E-state index contributed by atoms with van der Waals surface area (Å²) in [4.78, 5) is 3.59. The SMILES string of the molecule is CC(C)Cc1c(C#N)c(C(F)(F)F)c2cnc(N)nn12. The van der Waals surface area contributed by atoms with Gasteiger partial charge in [-0.3, -0.25) is 0 Å². The van der Waals surface area contributed by atoms with Crippen LogP contribution in [0.1, 0.15) is 30.7 Å². The Labute approximate surface area is 112 Å². The van der Waals surface area contributed by atoms with Crippen LogP contribution in [0.5, 0.6) is 0 Å². The number of aromatic nitrogens is 3. The highest BCUT2D eigenvalue weighted by atomic mass is 19.4. The number of hydrogen-bond acceptors (Lipinski definition) is 4. The van der Waals surface area contributed by atoms with Gasteiger partial charge in [0.2, 0.25) is 5.95 Å². The van der Waals surface area contributed by atoms with Crippen molar-refractivity contribution >= 4 is 11.5 Å². The molecule has 0 spiro atoms. The summed E-state index contributed by atoms with van der Waals surface area (Å²) in [6.45, 7) is 3.69. The summed E-state index contributed by atoms with van der Waals surface area (Å²) in [5, 5.41) is 12.9. The first-order valence-electron chi connectivity index (χ1n) is 5.89. The number of nitrogen functional groups attached to an aromatic ring is 1. The standard InChI is InChI=1S/C12H12F3N5/c1-6(2)3-8-7(4-16)10(12(13,14)15)9-5-18-11(17)19-20(8)9/h5-6H,3H2,1-2H3,(H2,17,19). The molecule has 0 aliphatic carbocycles. The molecule has 0 atom stereocenters. The van der Waals surface area contributed by atoms with Crippen molar-refractivity contribution < 1.29 is 13.2 Å². The first-order chi connectivity index (χ1) is 9.25. The van der Waals surface area contributed by atoms with E-state index in [1.54, 1.807) is 6.07 Å². The first kappa shape index (κ1) is 14.1. The predicted octanol–water partition coefficient (Wildman–Crippen LogP) is 2.40. The van der Waals surface area contributed by atoms with Crippen molar-refractivity contribution in [3.63, 3.8) is 0 Å². The molecule has 0 fully saturated rings. The smallest absolute Gasteiger partial charge is 0.367 e. The Kier molecular flexibility index (Phi) is 3.29. The Hall–Kier alpha value is -2.30. The number of halogens is 3. The molecular formula is C12H12F3N5. The Morgan fingerprint density at radius 2 is 2.10 bits per heavy atom. The lowest BCUT2D eigenvalue weighted by atomic mass is 10.0. The summed E-state index contributed by atoms with van der Waals surface area (Å²) in [6.07, 6.45) is -3.36. The van der Waals surface area contributed by atoms with Gasteiger partial charge in [-0.1, -0.05) is 13.8 Å². The molecule has 2 heterocycles. The summed E-state index contributed by atoms with van der Waals surface area (Å²) in [5.74, 6) is -0.0757. The number of nitrogens with two attached hydrogens (primary N) is 1. The van der Waals surface area contributed by atoms with Crippen molar-refractivity contribution in [2.24, 2.45) is 5.92 Å². The number of rotatable bonds is 2. The summed E-state index contributed by atoms with van der Waals surface area (Å²) in [5.41, 5.74) is 3.97. The van der Waals surface area contributed by atoms with Crippen LogP contribution >= 0.6 is 0 Å². The Balaban J connectivity index is 2.89. The van der Waals surface area contributed by atoms with Crippen LogP contribution in [0.25, 0.3) is 5.52 Å². The lowest BCUT2D eigenvalue weighted by Crippen LogP contribution is -2.07. The minimum absolute atomic E-state index is 0.0671. The van der Waals surface area contributed by atoms with Gasteiger partial charge in [0.25, 0.3) is 0 Å². The second-order valence-corrected chi connectivity index (χ2v) is 4.82. The monoisotopic (exact) mass is 283 g/mol. The molecule has 0 aromatic carbocycles. The molecule has 2 rings (SSSR count). The Morgan fingerprint density at radius 1 is 1.45 bits per heavy atom. The molecule has 5 nitrogen and oxygen atoms in total. The zero-order valence-electron chi connectivity index (χ0n) is 10.9. The fourth-order valence-electron chi connectivity index (χ4n) is 2.10. The highest BCUT2D eigenvalue weighted by Gasteiger charge is 2.39. The van der Waals surface area contributed by atoms with Gasteiger partial charge in [-0.2, -0.15) is 18.4 Å². The quantitative estimate of drug-likeness (QED) is 0.917. The summed E-state index contributed by atoms with van der Waals surface area (Å²) < 4.78 is 40.6. The maximum absolute atomic E-state index is 13.2. The van der Waals surface area contributed by atoms with Crippen molar-refractivity contribution in [2.75, 3.05) is 5.73 Å². The average Bonchev–Trinajstić information content (AvgIpc) is 2.62. The Morgan fingerprint density at radius 3 is 2.60 bits per heavy atom. The van der Waals surface area contributed by atoms with E-state index in [-0.39, 0.29) is 29.5 Å². The van der Waals surface area contributed by atoms with Crippen LogP contribution in [0.2, 0.25) is 0 Å². The first-order valence-corrected chi connectivity index (χ1v) is 5.89. The highest BCUT2D eigenvalue weighted by molar-refractivity contribution is 5.65. The highest BCUT2D eigenvalue weighted by Crippen LogP contribution is 2.38. The molecule has 0 aliphatic rings. The molecule has 0 radical (unpaired) electrons. The third-order valence-corrected chi connectivity index (χ3v) is 2.80. The molecule has 106 valence electrons. The summed E-state index contributed by atoms with van der Waals surface area (Å²) >= 11 is 0. The lowest BCUT2D eigenvalue weighted by molar-refractivity contribution is -0.136. The number of anilines is 1. The molecule has 2 N–H and O–H groups in total. The summed E-state index contributed by atoms with van der Waals surface area (Å²) in [7, 11) is 0. The maximum atomic E-state index is 13.2. The van der Waals surface area contributed by atoms with Gasteiger partial charge in [-0.05, 0) is 12.3 Å². The van der Waals surface area contributed by atoms with E-state index < -0.39 is 17.3 Å². The minimum atomic E-state index is -4.65. The van der Waals surface area contributed by atoms with Gasteiger partial charge in [0.05, 0.1) is 23.0 Å². The van der Waals surface area contributed by atoms with Crippen LogP contribution in [0.4, 0.5) is 19.1 Å². The molecule has 0 bridgehead atoms.